The first-order chi connectivity index (χ1) is 11.1. The topological polar surface area (TPSA) is 49.8 Å². The number of aliphatic hydroxyl groups is 1. The first-order valence-corrected chi connectivity index (χ1v) is 7.94. The van der Waals surface area contributed by atoms with Crippen LogP contribution in [0.2, 0.25) is 0 Å². The number of anilines is 1. The van der Waals surface area contributed by atoms with E-state index in [9.17, 15) is 9.90 Å². The third-order valence-electron chi connectivity index (χ3n) is 4.13. The molecule has 0 atom stereocenters. The molecular formula is C19H21NO3. The number of ether oxygens (including phenoxy) is 1. The quantitative estimate of drug-likeness (QED) is 0.698. The lowest BCUT2D eigenvalue weighted by Gasteiger charge is -2.32. The van der Waals surface area contributed by atoms with Crippen LogP contribution in [0.15, 0.2) is 48.5 Å². The van der Waals surface area contributed by atoms with Gasteiger partial charge in [0.05, 0.1) is 6.10 Å². The molecule has 0 aromatic heterocycles. The smallest absolute Gasteiger partial charge is 0.308 e. The van der Waals surface area contributed by atoms with Gasteiger partial charge < -0.3 is 14.7 Å². The lowest BCUT2D eigenvalue weighted by Crippen LogP contribution is -2.35. The van der Waals surface area contributed by atoms with Crippen LogP contribution in [0.25, 0.3) is 11.1 Å². The van der Waals surface area contributed by atoms with Crippen LogP contribution >= 0.6 is 0 Å². The molecule has 120 valence electrons. The van der Waals surface area contributed by atoms with E-state index in [1.807, 2.05) is 42.5 Å². The molecule has 0 aliphatic carbocycles. The van der Waals surface area contributed by atoms with Crippen LogP contribution in [0.3, 0.4) is 0 Å². The molecule has 0 bridgehead atoms. The van der Waals surface area contributed by atoms with Gasteiger partial charge in [-0.25, -0.2) is 0 Å². The standard InChI is InChI=1S/C19H21NO3/c1-14(21)23-19-8-7-16(20-11-9-17(22)10-12-20)13-18(19)15-5-3-2-4-6-15/h2-8,13,17,22H,9-12H2,1H3. The zero-order chi connectivity index (χ0) is 16.2. The Kier molecular flexibility index (Phi) is 4.63. The molecule has 4 nitrogen and oxygen atoms in total. The first kappa shape index (κ1) is 15.6. The van der Waals surface area contributed by atoms with Crippen molar-refractivity contribution in [2.24, 2.45) is 0 Å². The highest BCUT2D eigenvalue weighted by atomic mass is 16.5. The SMILES string of the molecule is CC(=O)Oc1ccc(N2CCC(O)CC2)cc1-c1ccccc1. The summed E-state index contributed by atoms with van der Waals surface area (Å²) >= 11 is 0. The lowest BCUT2D eigenvalue weighted by molar-refractivity contribution is -0.131. The average Bonchev–Trinajstić information content (AvgIpc) is 2.56. The molecule has 0 amide bonds. The summed E-state index contributed by atoms with van der Waals surface area (Å²) in [7, 11) is 0. The van der Waals surface area contributed by atoms with Gasteiger partial charge in [-0.3, -0.25) is 4.79 Å². The highest BCUT2D eigenvalue weighted by Crippen LogP contribution is 2.34. The average molecular weight is 311 g/mol. The summed E-state index contributed by atoms with van der Waals surface area (Å²) in [6.07, 6.45) is 1.37. The van der Waals surface area contributed by atoms with Gasteiger partial charge in [-0.15, -0.1) is 0 Å². The monoisotopic (exact) mass is 311 g/mol. The molecule has 2 aromatic rings. The van der Waals surface area contributed by atoms with Gasteiger partial charge in [-0.1, -0.05) is 30.3 Å². The molecule has 3 rings (SSSR count). The van der Waals surface area contributed by atoms with Gasteiger partial charge in [0.15, 0.2) is 0 Å². The summed E-state index contributed by atoms with van der Waals surface area (Å²) in [4.78, 5) is 13.6. The van der Waals surface area contributed by atoms with Crippen LogP contribution in [-0.2, 0) is 4.79 Å². The first-order valence-electron chi connectivity index (χ1n) is 7.94. The number of aliphatic hydroxyl groups excluding tert-OH is 1. The molecule has 0 saturated carbocycles. The van der Waals surface area contributed by atoms with E-state index in [0.29, 0.717) is 5.75 Å². The number of nitrogens with zero attached hydrogens (tertiary/aromatic N) is 1. The summed E-state index contributed by atoms with van der Waals surface area (Å²) < 4.78 is 5.36. The second-order valence-electron chi connectivity index (χ2n) is 5.86. The van der Waals surface area contributed by atoms with Gasteiger partial charge in [0, 0.05) is 31.3 Å². The van der Waals surface area contributed by atoms with Gasteiger partial charge in [0.1, 0.15) is 5.75 Å². The molecule has 0 unspecified atom stereocenters. The maximum atomic E-state index is 11.4. The van der Waals surface area contributed by atoms with Crippen molar-refractivity contribution in [1.82, 2.24) is 0 Å². The highest BCUT2D eigenvalue weighted by Gasteiger charge is 2.19. The second kappa shape index (κ2) is 6.84. The van der Waals surface area contributed by atoms with Crippen molar-refractivity contribution in [3.8, 4) is 16.9 Å². The van der Waals surface area contributed by atoms with Gasteiger partial charge in [-0.05, 0) is 36.6 Å². The van der Waals surface area contributed by atoms with E-state index in [1.54, 1.807) is 0 Å². The second-order valence-corrected chi connectivity index (χ2v) is 5.86. The molecule has 1 fully saturated rings. The van der Waals surface area contributed by atoms with E-state index in [-0.39, 0.29) is 12.1 Å². The Morgan fingerprint density at radius 3 is 2.48 bits per heavy atom. The van der Waals surface area contributed by atoms with Gasteiger partial charge in [0.25, 0.3) is 0 Å². The van der Waals surface area contributed by atoms with Crippen molar-refractivity contribution in [3.63, 3.8) is 0 Å². The zero-order valence-electron chi connectivity index (χ0n) is 13.2. The zero-order valence-corrected chi connectivity index (χ0v) is 13.2. The molecule has 1 N–H and O–H groups in total. The third kappa shape index (κ3) is 3.71. The predicted molar refractivity (Wildman–Crippen MR) is 90.6 cm³/mol. The van der Waals surface area contributed by atoms with Crippen molar-refractivity contribution < 1.29 is 14.6 Å². The molecule has 0 spiro atoms. The van der Waals surface area contributed by atoms with Crippen LogP contribution in [0.5, 0.6) is 5.75 Å². The summed E-state index contributed by atoms with van der Waals surface area (Å²) in [5.41, 5.74) is 3.01. The van der Waals surface area contributed by atoms with Crippen molar-refractivity contribution in [2.45, 2.75) is 25.9 Å². The van der Waals surface area contributed by atoms with Crippen LogP contribution in [0.1, 0.15) is 19.8 Å². The van der Waals surface area contributed by atoms with E-state index in [2.05, 4.69) is 11.0 Å². The number of hydrogen-bond acceptors (Lipinski definition) is 4. The Balaban J connectivity index is 1.96. The Morgan fingerprint density at radius 2 is 1.83 bits per heavy atom. The Labute approximate surface area is 136 Å². The number of piperidine rings is 1. The minimum atomic E-state index is -0.323. The van der Waals surface area contributed by atoms with Gasteiger partial charge >= 0.3 is 5.97 Å². The molecule has 4 heteroatoms. The third-order valence-corrected chi connectivity index (χ3v) is 4.13. The fourth-order valence-electron chi connectivity index (χ4n) is 2.93. The minimum Gasteiger partial charge on any atom is -0.426 e. The fourth-order valence-corrected chi connectivity index (χ4v) is 2.93. The van der Waals surface area contributed by atoms with Crippen molar-refractivity contribution in [3.05, 3.63) is 48.5 Å². The number of esters is 1. The van der Waals surface area contributed by atoms with E-state index in [0.717, 1.165) is 42.7 Å². The molecular weight excluding hydrogens is 290 g/mol. The van der Waals surface area contributed by atoms with Crippen LogP contribution in [-0.4, -0.2) is 30.3 Å². The lowest BCUT2D eigenvalue weighted by atomic mass is 10.0. The van der Waals surface area contributed by atoms with Gasteiger partial charge in [-0.2, -0.15) is 0 Å². The van der Waals surface area contributed by atoms with E-state index >= 15 is 0 Å². The molecule has 23 heavy (non-hydrogen) atoms. The van der Waals surface area contributed by atoms with E-state index in [4.69, 9.17) is 4.74 Å². The molecule has 0 radical (unpaired) electrons. The van der Waals surface area contributed by atoms with E-state index in [1.165, 1.54) is 6.92 Å². The van der Waals surface area contributed by atoms with Crippen molar-refractivity contribution in [2.75, 3.05) is 18.0 Å². The largest absolute Gasteiger partial charge is 0.426 e. The summed E-state index contributed by atoms with van der Waals surface area (Å²) in [5, 5.41) is 9.67. The van der Waals surface area contributed by atoms with Crippen molar-refractivity contribution in [1.29, 1.82) is 0 Å². The molecule has 1 heterocycles. The highest BCUT2D eigenvalue weighted by molar-refractivity contribution is 5.79. The normalized spacial score (nSPS) is 15.5. The number of carbonyl (C=O) groups excluding carboxylic acids is 1. The molecule has 1 aliphatic rings. The Hall–Kier alpha value is -2.33. The number of rotatable bonds is 3. The fraction of sp³-hybridized carbons (Fsp3) is 0.316. The van der Waals surface area contributed by atoms with Crippen LogP contribution in [0, 0.1) is 0 Å². The van der Waals surface area contributed by atoms with Crippen molar-refractivity contribution >= 4 is 11.7 Å². The maximum Gasteiger partial charge on any atom is 0.308 e. The number of hydrogen-bond donors (Lipinski definition) is 1. The summed E-state index contributed by atoms with van der Waals surface area (Å²) in [5.74, 6) is 0.250. The Bertz CT molecular complexity index is 676. The molecule has 2 aromatic carbocycles. The summed E-state index contributed by atoms with van der Waals surface area (Å²) in [6.45, 7) is 3.08. The summed E-state index contributed by atoms with van der Waals surface area (Å²) in [6, 6.07) is 15.8. The van der Waals surface area contributed by atoms with Crippen LogP contribution in [0.4, 0.5) is 5.69 Å². The Morgan fingerprint density at radius 1 is 1.13 bits per heavy atom. The van der Waals surface area contributed by atoms with Crippen LogP contribution < -0.4 is 9.64 Å². The van der Waals surface area contributed by atoms with E-state index < -0.39 is 0 Å². The number of benzene rings is 2. The minimum absolute atomic E-state index is 0.194. The molecule has 1 saturated heterocycles. The molecule has 1 aliphatic heterocycles. The van der Waals surface area contributed by atoms with Gasteiger partial charge in [0.2, 0.25) is 0 Å². The maximum absolute atomic E-state index is 11.4. The number of carbonyl (C=O) groups is 1. The predicted octanol–water partition coefficient (Wildman–Crippen LogP) is 3.24.